The zero-order valence-corrected chi connectivity index (χ0v) is 9.83. The van der Waals surface area contributed by atoms with Gasteiger partial charge in [0.1, 0.15) is 0 Å². The molecule has 0 bridgehead atoms. The summed E-state index contributed by atoms with van der Waals surface area (Å²) >= 11 is 5.15. The number of hydrogen-bond donors (Lipinski definition) is 1. The number of nitrogens with one attached hydrogen (secondary N) is 1. The third-order valence-electron chi connectivity index (χ3n) is 3.30. The van der Waals surface area contributed by atoms with Gasteiger partial charge in [0.2, 0.25) is 4.71 Å². The van der Waals surface area contributed by atoms with E-state index in [2.05, 4.69) is 25.9 Å². The molecule has 1 unspecified atom stereocenters. The highest BCUT2D eigenvalue weighted by Gasteiger charge is 2.30. The molecule has 0 amide bonds. The van der Waals surface area contributed by atoms with Crippen LogP contribution in [-0.4, -0.2) is 5.16 Å². The van der Waals surface area contributed by atoms with Gasteiger partial charge in [0.25, 0.3) is 0 Å². The fraction of sp³-hybridized carbons (Fsp3) is 0.727. The van der Waals surface area contributed by atoms with Crippen molar-refractivity contribution < 1.29 is 4.52 Å². The topological polar surface area (TPSA) is 28.9 Å². The molecule has 0 saturated heterocycles. The molecule has 0 saturated carbocycles. The first-order valence-electron chi connectivity index (χ1n) is 5.17. The van der Waals surface area contributed by atoms with Crippen molar-refractivity contribution in [3.63, 3.8) is 0 Å². The minimum atomic E-state index is 0.372. The lowest BCUT2D eigenvalue weighted by atomic mass is 9.72. The summed E-state index contributed by atoms with van der Waals surface area (Å²) in [6, 6.07) is 0. The van der Waals surface area contributed by atoms with Crippen molar-refractivity contribution in [3.8, 4) is 0 Å². The Morgan fingerprint density at radius 3 is 2.79 bits per heavy atom. The first-order valence-corrected chi connectivity index (χ1v) is 5.58. The van der Waals surface area contributed by atoms with Gasteiger partial charge in [-0.2, -0.15) is 0 Å². The highest BCUT2D eigenvalue weighted by molar-refractivity contribution is 7.71. The van der Waals surface area contributed by atoms with E-state index in [1.54, 1.807) is 0 Å². The van der Waals surface area contributed by atoms with Gasteiger partial charge < -0.3 is 4.52 Å². The molecule has 78 valence electrons. The van der Waals surface area contributed by atoms with Gasteiger partial charge in [-0.15, -0.1) is 0 Å². The molecule has 1 N–H and O–H groups in total. The monoisotopic (exact) mass is 211 g/mol. The molecule has 1 aromatic rings. The Labute approximate surface area is 89.7 Å². The van der Waals surface area contributed by atoms with Gasteiger partial charge in [-0.25, -0.2) is 5.16 Å². The van der Waals surface area contributed by atoms with Crippen LogP contribution in [0.4, 0.5) is 0 Å². The minimum Gasteiger partial charge on any atom is -0.370 e. The Morgan fingerprint density at radius 2 is 2.14 bits per heavy atom. The first-order chi connectivity index (χ1) is 6.48. The van der Waals surface area contributed by atoms with Crippen molar-refractivity contribution in [1.29, 1.82) is 0 Å². The second-order valence-corrected chi connectivity index (χ2v) is 5.63. The molecular weight excluding hydrogens is 194 g/mol. The molecule has 0 aliphatic heterocycles. The van der Waals surface area contributed by atoms with Gasteiger partial charge >= 0.3 is 0 Å². The largest absolute Gasteiger partial charge is 0.370 e. The second kappa shape index (κ2) is 3.23. The third kappa shape index (κ3) is 1.65. The van der Waals surface area contributed by atoms with E-state index in [-0.39, 0.29) is 0 Å². The molecule has 0 fully saturated rings. The van der Waals surface area contributed by atoms with E-state index >= 15 is 0 Å². The fourth-order valence-electron chi connectivity index (χ4n) is 2.17. The number of aryl methyl sites for hydroxylation is 1. The molecular formula is C11H17NOS. The lowest BCUT2D eigenvalue weighted by Crippen LogP contribution is -2.26. The molecule has 0 aromatic carbocycles. The molecule has 14 heavy (non-hydrogen) atoms. The van der Waals surface area contributed by atoms with Crippen molar-refractivity contribution in [2.24, 2.45) is 11.3 Å². The van der Waals surface area contributed by atoms with Crippen LogP contribution in [0.1, 0.15) is 38.4 Å². The second-order valence-electron chi connectivity index (χ2n) is 5.25. The van der Waals surface area contributed by atoms with Crippen LogP contribution in [0.25, 0.3) is 0 Å². The summed E-state index contributed by atoms with van der Waals surface area (Å²) in [5.41, 5.74) is 2.83. The maximum atomic E-state index is 5.17. The average molecular weight is 211 g/mol. The fourth-order valence-corrected chi connectivity index (χ4v) is 2.42. The number of aromatic nitrogens is 1. The van der Waals surface area contributed by atoms with E-state index < -0.39 is 0 Å². The SMILES string of the molecule is CC(C)(C)C1CCc2[nH]oc(=S)c2C1. The Morgan fingerprint density at radius 1 is 1.43 bits per heavy atom. The molecule has 1 aliphatic rings. The third-order valence-corrected chi connectivity index (χ3v) is 3.63. The van der Waals surface area contributed by atoms with Crippen molar-refractivity contribution in [1.82, 2.24) is 5.16 Å². The summed E-state index contributed by atoms with van der Waals surface area (Å²) in [5, 5.41) is 2.92. The van der Waals surface area contributed by atoms with Crippen molar-refractivity contribution in [2.75, 3.05) is 0 Å². The van der Waals surface area contributed by atoms with Gasteiger partial charge in [0.05, 0.1) is 5.69 Å². The Balaban J connectivity index is 2.29. The maximum Gasteiger partial charge on any atom is 0.223 e. The van der Waals surface area contributed by atoms with E-state index in [1.165, 1.54) is 17.7 Å². The summed E-state index contributed by atoms with van der Waals surface area (Å²) in [6.45, 7) is 6.90. The summed E-state index contributed by atoms with van der Waals surface area (Å²) in [6.07, 6.45) is 3.39. The lowest BCUT2D eigenvalue weighted by Gasteiger charge is -2.33. The van der Waals surface area contributed by atoms with E-state index in [0.717, 1.165) is 18.8 Å². The van der Waals surface area contributed by atoms with Crippen LogP contribution in [0.5, 0.6) is 0 Å². The molecule has 2 nitrogen and oxygen atoms in total. The van der Waals surface area contributed by atoms with Crippen molar-refractivity contribution in [2.45, 2.75) is 40.0 Å². The van der Waals surface area contributed by atoms with E-state index in [9.17, 15) is 0 Å². The standard InChI is InChI=1S/C11H17NOS/c1-11(2,3)7-4-5-9-8(6-7)10(14)13-12-9/h7,12H,4-6H2,1-3H3. The summed E-state index contributed by atoms with van der Waals surface area (Å²) < 4.78 is 5.83. The average Bonchev–Trinajstić information content (AvgIpc) is 2.46. The molecule has 3 heteroatoms. The predicted octanol–water partition coefficient (Wildman–Crippen LogP) is 3.49. The van der Waals surface area contributed by atoms with Crippen molar-refractivity contribution >= 4 is 12.2 Å². The van der Waals surface area contributed by atoms with Gasteiger partial charge in [0.15, 0.2) is 0 Å². The van der Waals surface area contributed by atoms with Crippen LogP contribution in [0.3, 0.4) is 0 Å². The zero-order chi connectivity index (χ0) is 10.3. The maximum absolute atomic E-state index is 5.17. The van der Waals surface area contributed by atoms with E-state index in [4.69, 9.17) is 16.7 Å². The highest BCUT2D eigenvalue weighted by atomic mass is 32.1. The smallest absolute Gasteiger partial charge is 0.223 e. The van der Waals surface area contributed by atoms with Crippen LogP contribution in [-0.2, 0) is 12.8 Å². The van der Waals surface area contributed by atoms with Gasteiger partial charge in [-0.3, -0.25) is 0 Å². The van der Waals surface area contributed by atoms with Crippen LogP contribution < -0.4 is 0 Å². The van der Waals surface area contributed by atoms with Crippen LogP contribution in [0.15, 0.2) is 4.52 Å². The van der Waals surface area contributed by atoms with Crippen LogP contribution in [0.2, 0.25) is 0 Å². The lowest BCUT2D eigenvalue weighted by molar-refractivity contribution is 0.215. The van der Waals surface area contributed by atoms with Crippen LogP contribution in [0, 0.1) is 16.0 Å². The normalized spacial score (nSPS) is 22.1. The Kier molecular flexibility index (Phi) is 2.30. The summed E-state index contributed by atoms with van der Waals surface area (Å²) in [5.74, 6) is 0.725. The summed E-state index contributed by atoms with van der Waals surface area (Å²) in [7, 11) is 0. The molecule has 2 rings (SSSR count). The molecule has 1 aliphatic carbocycles. The first kappa shape index (κ1) is 9.97. The molecule has 1 heterocycles. The Bertz CT molecular complexity index is 383. The van der Waals surface area contributed by atoms with Crippen molar-refractivity contribution in [3.05, 3.63) is 16.0 Å². The molecule has 1 atom stereocenters. The molecule has 1 aromatic heterocycles. The van der Waals surface area contributed by atoms with Crippen LogP contribution >= 0.6 is 12.2 Å². The number of fused-ring (bicyclic) bond motifs is 1. The number of hydrogen-bond acceptors (Lipinski definition) is 2. The molecule has 0 radical (unpaired) electrons. The highest BCUT2D eigenvalue weighted by Crippen LogP contribution is 2.37. The number of H-pyrrole nitrogens is 1. The van der Waals surface area contributed by atoms with E-state index in [0.29, 0.717) is 10.1 Å². The quantitative estimate of drug-likeness (QED) is 0.665. The van der Waals surface area contributed by atoms with Gasteiger partial charge in [0, 0.05) is 5.56 Å². The van der Waals surface area contributed by atoms with Gasteiger partial charge in [-0.05, 0) is 42.8 Å². The zero-order valence-electron chi connectivity index (χ0n) is 9.02. The number of aromatic amines is 1. The number of rotatable bonds is 0. The Hall–Kier alpha value is -0.570. The molecule has 0 spiro atoms. The van der Waals surface area contributed by atoms with Gasteiger partial charge in [-0.1, -0.05) is 20.8 Å². The summed E-state index contributed by atoms with van der Waals surface area (Å²) in [4.78, 5) is 0. The van der Waals surface area contributed by atoms with E-state index in [1.807, 2.05) is 0 Å². The predicted molar refractivity (Wildman–Crippen MR) is 58.9 cm³/mol. The minimum absolute atomic E-state index is 0.372.